The highest BCUT2D eigenvalue weighted by atomic mass is 32.1. The number of carbonyl (C=O) groups is 2. The number of piperidine rings is 1. The Bertz CT molecular complexity index is 597. The van der Waals surface area contributed by atoms with Crippen LogP contribution in [0.4, 0.5) is 0 Å². The van der Waals surface area contributed by atoms with E-state index in [1.54, 1.807) is 6.92 Å². The fraction of sp³-hybridized carbons (Fsp3) is 0.500. The van der Waals surface area contributed by atoms with E-state index in [1.807, 2.05) is 24.0 Å². The van der Waals surface area contributed by atoms with Gasteiger partial charge in [-0.15, -0.1) is 11.3 Å². The molecule has 0 unspecified atom stereocenters. The van der Waals surface area contributed by atoms with Gasteiger partial charge in [0.05, 0.1) is 4.88 Å². The van der Waals surface area contributed by atoms with Gasteiger partial charge < -0.3 is 10.2 Å². The summed E-state index contributed by atoms with van der Waals surface area (Å²) in [6.07, 6.45) is 1.21. The smallest absolute Gasteiger partial charge is 0.263 e. The maximum Gasteiger partial charge on any atom is 0.263 e. The quantitative estimate of drug-likeness (QED) is 0.854. The minimum absolute atomic E-state index is 0.0194. The summed E-state index contributed by atoms with van der Waals surface area (Å²) in [7, 11) is 0. The molecule has 5 nitrogen and oxygen atoms in total. The van der Waals surface area contributed by atoms with E-state index in [2.05, 4.69) is 10.3 Å². The van der Waals surface area contributed by atoms with Gasteiger partial charge in [-0.05, 0) is 38.8 Å². The fourth-order valence-electron chi connectivity index (χ4n) is 2.80. The van der Waals surface area contributed by atoms with Crippen LogP contribution in [0, 0.1) is 6.92 Å². The first-order chi connectivity index (χ1) is 9.50. The Hall–Kier alpha value is -1.69. The van der Waals surface area contributed by atoms with Crippen LogP contribution in [0.5, 0.6) is 0 Å². The van der Waals surface area contributed by atoms with Crippen LogP contribution in [0.2, 0.25) is 0 Å². The molecule has 1 aromatic heterocycles. The molecule has 0 bridgehead atoms. The number of likely N-dealkylation sites (tertiary alicyclic amines) is 1. The van der Waals surface area contributed by atoms with Crippen molar-refractivity contribution in [3.8, 4) is 0 Å². The van der Waals surface area contributed by atoms with E-state index in [9.17, 15) is 9.59 Å². The highest BCUT2D eigenvalue weighted by Crippen LogP contribution is 2.31. The van der Waals surface area contributed by atoms with Crippen LogP contribution in [0.1, 0.15) is 34.3 Å². The Labute approximate surface area is 121 Å². The molecular weight excluding hydrogens is 274 g/mol. The fourth-order valence-corrected chi connectivity index (χ4v) is 3.64. The van der Waals surface area contributed by atoms with E-state index in [-0.39, 0.29) is 11.8 Å². The Morgan fingerprint density at radius 1 is 1.35 bits per heavy atom. The van der Waals surface area contributed by atoms with E-state index >= 15 is 0 Å². The standard InChI is InChI=1S/C14H17N3O2S/c1-9-3-4-11(20-9)12(18)17-7-5-14(6-8-17)13(19)15-10(2)16-14/h3-4H,5-8H2,1-2H3,(H,15,16,19). The average molecular weight is 291 g/mol. The lowest BCUT2D eigenvalue weighted by molar-refractivity contribution is -0.125. The number of aliphatic imine (C=N–C) groups is 1. The summed E-state index contributed by atoms with van der Waals surface area (Å²) < 4.78 is 0. The molecule has 0 aliphatic carbocycles. The van der Waals surface area contributed by atoms with Crippen molar-refractivity contribution in [2.24, 2.45) is 4.99 Å². The maximum atomic E-state index is 12.4. The van der Waals surface area contributed by atoms with Gasteiger partial charge in [-0.1, -0.05) is 0 Å². The van der Waals surface area contributed by atoms with Crippen molar-refractivity contribution in [3.63, 3.8) is 0 Å². The summed E-state index contributed by atoms with van der Waals surface area (Å²) in [5.41, 5.74) is -0.633. The number of thiophene rings is 1. The predicted octanol–water partition coefficient (Wildman–Crippen LogP) is 1.58. The molecule has 2 aliphatic rings. The molecule has 2 amide bonds. The largest absolute Gasteiger partial charge is 0.338 e. The molecule has 1 aromatic rings. The van der Waals surface area contributed by atoms with Crippen LogP contribution < -0.4 is 5.32 Å². The summed E-state index contributed by atoms with van der Waals surface area (Å²) in [5.74, 6) is 0.731. The molecule has 0 radical (unpaired) electrons. The lowest BCUT2D eigenvalue weighted by atomic mass is 9.88. The monoisotopic (exact) mass is 291 g/mol. The molecule has 0 saturated carbocycles. The average Bonchev–Trinajstić information content (AvgIpc) is 2.95. The van der Waals surface area contributed by atoms with Gasteiger partial charge in [0.1, 0.15) is 11.4 Å². The first-order valence-electron chi connectivity index (χ1n) is 6.74. The van der Waals surface area contributed by atoms with E-state index in [0.717, 1.165) is 9.75 Å². The van der Waals surface area contributed by atoms with Crippen LogP contribution >= 0.6 is 11.3 Å². The minimum Gasteiger partial charge on any atom is -0.338 e. The predicted molar refractivity (Wildman–Crippen MR) is 78.2 cm³/mol. The van der Waals surface area contributed by atoms with Crippen molar-refractivity contribution in [1.82, 2.24) is 10.2 Å². The van der Waals surface area contributed by atoms with Crippen LogP contribution in [-0.2, 0) is 4.79 Å². The Balaban J connectivity index is 1.70. The molecule has 2 aliphatic heterocycles. The third kappa shape index (κ3) is 2.14. The van der Waals surface area contributed by atoms with Gasteiger partial charge in [-0.25, -0.2) is 0 Å². The molecule has 1 N–H and O–H groups in total. The van der Waals surface area contributed by atoms with Crippen LogP contribution in [-0.4, -0.2) is 41.2 Å². The maximum absolute atomic E-state index is 12.4. The molecule has 20 heavy (non-hydrogen) atoms. The van der Waals surface area contributed by atoms with Crippen LogP contribution in [0.3, 0.4) is 0 Å². The number of amides is 2. The molecule has 106 valence electrons. The van der Waals surface area contributed by atoms with Crippen molar-refractivity contribution >= 4 is 29.0 Å². The van der Waals surface area contributed by atoms with E-state index < -0.39 is 5.54 Å². The van der Waals surface area contributed by atoms with Gasteiger partial charge in [0.25, 0.3) is 11.8 Å². The zero-order valence-corrected chi connectivity index (χ0v) is 12.4. The number of rotatable bonds is 1. The van der Waals surface area contributed by atoms with Gasteiger partial charge >= 0.3 is 0 Å². The van der Waals surface area contributed by atoms with Crippen molar-refractivity contribution in [2.75, 3.05) is 13.1 Å². The molecule has 0 aromatic carbocycles. The molecule has 6 heteroatoms. The number of nitrogens with zero attached hydrogens (tertiary/aromatic N) is 2. The topological polar surface area (TPSA) is 61.8 Å². The summed E-state index contributed by atoms with van der Waals surface area (Å²) in [6, 6.07) is 3.83. The number of aryl methyl sites for hydroxylation is 1. The first-order valence-corrected chi connectivity index (χ1v) is 7.55. The molecule has 3 rings (SSSR count). The zero-order valence-electron chi connectivity index (χ0n) is 11.6. The molecule has 0 atom stereocenters. The van der Waals surface area contributed by atoms with Crippen LogP contribution in [0.25, 0.3) is 0 Å². The van der Waals surface area contributed by atoms with Crippen molar-refractivity contribution in [1.29, 1.82) is 0 Å². The van der Waals surface area contributed by atoms with E-state index in [1.165, 1.54) is 11.3 Å². The number of nitrogens with one attached hydrogen (secondary N) is 1. The lowest BCUT2D eigenvalue weighted by Crippen LogP contribution is -2.50. The van der Waals surface area contributed by atoms with E-state index in [0.29, 0.717) is 31.8 Å². The second kappa shape index (κ2) is 4.70. The van der Waals surface area contributed by atoms with Gasteiger partial charge in [0, 0.05) is 18.0 Å². The van der Waals surface area contributed by atoms with Gasteiger partial charge in [0.2, 0.25) is 0 Å². The van der Waals surface area contributed by atoms with E-state index in [4.69, 9.17) is 0 Å². The Morgan fingerprint density at radius 2 is 2.05 bits per heavy atom. The van der Waals surface area contributed by atoms with Gasteiger partial charge in [-0.2, -0.15) is 0 Å². The lowest BCUT2D eigenvalue weighted by Gasteiger charge is -2.35. The Morgan fingerprint density at radius 3 is 2.55 bits per heavy atom. The SMILES string of the molecule is CC1=NC2(CCN(C(=O)c3ccc(C)s3)CC2)C(=O)N1. The van der Waals surface area contributed by atoms with Gasteiger partial charge in [0.15, 0.2) is 0 Å². The minimum atomic E-state index is -0.633. The third-order valence-corrected chi connectivity index (χ3v) is 4.92. The third-order valence-electron chi connectivity index (χ3n) is 3.93. The number of carbonyl (C=O) groups excluding carboxylic acids is 2. The normalized spacial score (nSPS) is 21.0. The summed E-state index contributed by atoms with van der Waals surface area (Å²) >= 11 is 1.52. The number of hydrogen-bond donors (Lipinski definition) is 1. The van der Waals surface area contributed by atoms with Crippen molar-refractivity contribution in [2.45, 2.75) is 32.2 Å². The molecule has 3 heterocycles. The molecule has 1 spiro atoms. The summed E-state index contributed by atoms with van der Waals surface area (Å²) in [4.78, 5) is 32.5. The van der Waals surface area contributed by atoms with Crippen molar-refractivity contribution < 1.29 is 9.59 Å². The molecular formula is C14H17N3O2S. The van der Waals surface area contributed by atoms with Crippen molar-refractivity contribution in [3.05, 3.63) is 21.9 Å². The summed E-state index contributed by atoms with van der Waals surface area (Å²) in [6.45, 7) is 4.96. The number of amidine groups is 1. The highest BCUT2D eigenvalue weighted by molar-refractivity contribution is 7.13. The Kier molecular flexibility index (Phi) is 3.12. The highest BCUT2D eigenvalue weighted by Gasteiger charge is 2.45. The second-order valence-corrected chi connectivity index (χ2v) is 6.67. The second-order valence-electron chi connectivity index (χ2n) is 5.39. The zero-order chi connectivity index (χ0) is 14.3. The molecule has 1 fully saturated rings. The first kappa shape index (κ1) is 13.3. The van der Waals surface area contributed by atoms with Crippen LogP contribution in [0.15, 0.2) is 17.1 Å². The van der Waals surface area contributed by atoms with Gasteiger partial charge in [-0.3, -0.25) is 14.6 Å². The summed E-state index contributed by atoms with van der Waals surface area (Å²) in [5, 5.41) is 2.77. The molecule has 1 saturated heterocycles. The number of hydrogen-bond acceptors (Lipinski definition) is 4.